The lowest BCUT2D eigenvalue weighted by Crippen LogP contribution is -2.21. The highest BCUT2D eigenvalue weighted by molar-refractivity contribution is 7.80. The zero-order valence-electron chi connectivity index (χ0n) is 18.9. The number of thiocarbonyl (C=S) groups is 1. The van der Waals surface area contributed by atoms with Crippen LogP contribution in [0.1, 0.15) is 28.4 Å². The van der Waals surface area contributed by atoms with Gasteiger partial charge < -0.3 is 10.1 Å². The Morgan fingerprint density at radius 2 is 1.89 bits per heavy atom. The number of rotatable bonds is 7. The number of thiophene rings is 1. The molecular weight excluding hydrogens is 511 g/mol. The molecule has 0 unspecified atom stereocenters. The third-order valence-electron chi connectivity index (χ3n) is 4.87. The summed E-state index contributed by atoms with van der Waals surface area (Å²) in [5.41, 5.74) is 0.975. The summed E-state index contributed by atoms with van der Waals surface area (Å²) >= 11 is 6.71. The van der Waals surface area contributed by atoms with Crippen LogP contribution in [0.25, 0.3) is 10.4 Å². The Balaban J connectivity index is 1.46. The Kier molecular flexibility index (Phi) is 7.65. The SMILES string of the molecule is CCOC(=O)c1cc(-c2ccccc2)sc1NC(=S)Nc1ncn(Cc2cccc(C(F)(F)F)c2)n1. The van der Waals surface area contributed by atoms with Crippen molar-refractivity contribution in [1.82, 2.24) is 14.8 Å². The van der Waals surface area contributed by atoms with E-state index in [0.717, 1.165) is 22.6 Å². The summed E-state index contributed by atoms with van der Waals surface area (Å²) in [5, 5.41) is 10.7. The summed E-state index contributed by atoms with van der Waals surface area (Å²) in [4.78, 5) is 17.5. The fourth-order valence-corrected chi connectivity index (χ4v) is 4.60. The van der Waals surface area contributed by atoms with Crippen LogP contribution in [0.4, 0.5) is 24.1 Å². The summed E-state index contributed by atoms with van der Waals surface area (Å²) in [7, 11) is 0. The van der Waals surface area contributed by atoms with Gasteiger partial charge in [-0.25, -0.2) is 14.5 Å². The lowest BCUT2D eigenvalue weighted by atomic mass is 10.1. The number of aromatic nitrogens is 3. The van der Waals surface area contributed by atoms with Gasteiger partial charge in [-0.15, -0.1) is 16.4 Å². The van der Waals surface area contributed by atoms with Gasteiger partial charge in [0.1, 0.15) is 11.3 Å². The number of hydrogen-bond donors (Lipinski definition) is 2. The van der Waals surface area contributed by atoms with E-state index in [2.05, 4.69) is 20.7 Å². The van der Waals surface area contributed by atoms with Crippen molar-refractivity contribution in [2.24, 2.45) is 0 Å². The first-order valence-electron chi connectivity index (χ1n) is 10.7. The average Bonchev–Trinajstić information content (AvgIpc) is 3.46. The van der Waals surface area contributed by atoms with E-state index in [1.165, 1.54) is 28.4 Å². The molecule has 0 bridgehead atoms. The molecule has 0 radical (unpaired) electrons. The molecule has 0 spiro atoms. The summed E-state index contributed by atoms with van der Waals surface area (Å²) < 4.78 is 45.4. The molecule has 12 heteroatoms. The predicted octanol–water partition coefficient (Wildman–Crippen LogP) is 6.06. The lowest BCUT2D eigenvalue weighted by Gasteiger charge is -2.09. The molecule has 36 heavy (non-hydrogen) atoms. The number of alkyl halides is 3. The molecule has 0 fully saturated rings. The van der Waals surface area contributed by atoms with Crippen molar-refractivity contribution in [2.75, 3.05) is 17.2 Å². The number of benzene rings is 2. The summed E-state index contributed by atoms with van der Waals surface area (Å²) in [6, 6.07) is 16.3. The lowest BCUT2D eigenvalue weighted by molar-refractivity contribution is -0.137. The molecule has 0 saturated heterocycles. The number of ether oxygens (including phenoxy) is 1. The average molecular weight is 532 g/mol. The number of carbonyl (C=O) groups excluding carboxylic acids is 1. The topological polar surface area (TPSA) is 81.1 Å². The molecule has 4 rings (SSSR count). The highest BCUT2D eigenvalue weighted by Crippen LogP contribution is 2.36. The van der Waals surface area contributed by atoms with Gasteiger partial charge in [-0.05, 0) is 48.5 Å². The third-order valence-corrected chi connectivity index (χ3v) is 6.18. The maximum Gasteiger partial charge on any atom is 0.416 e. The highest BCUT2D eigenvalue weighted by Gasteiger charge is 2.30. The van der Waals surface area contributed by atoms with Gasteiger partial charge in [0, 0.05) is 4.88 Å². The number of hydrogen-bond acceptors (Lipinski definition) is 6. The van der Waals surface area contributed by atoms with Crippen molar-refractivity contribution in [3.8, 4) is 10.4 Å². The number of carbonyl (C=O) groups is 1. The van der Waals surface area contributed by atoms with E-state index in [1.54, 1.807) is 19.1 Å². The molecule has 0 saturated carbocycles. The van der Waals surface area contributed by atoms with Crippen molar-refractivity contribution in [3.05, 3.63) is 83.7 Å². The Labute approximate surface area is 213 Å². The van der Waals surface area contributed by atoms with Crippen LogP contribution in [0.5, 0.6) is 0 Å². The fraction of sp³-hybridized carbons (Fsp3) is 0.167. The zero-order valence-corrected chi connectivity index (χ0v) is 20.5. The number of nitrogens with zero attached hydrogens (tertiary/aromatic N) is 3. The van der Waals surface area contributed by atoms with Crippen molar-refractivity contribution >= 4 is 45.6 Å². The second-order valence-electron chi connectivity index (χ2n) is 7.48. The van der Waals surface area contributed by atoms with E-state index >= 15 is 0 Å². The van der Waals surface area contributed by atoms with Crippen LogP contribution in [-0.4, -0.2) is 32.5 Å². The second kappa shape index (κ2) is 10.9. The number of halogens is 3. The van der Waals surface area contributed by atoms with E-state index in [4.69, 9.17) is 17.0 Å². The quantitative estimate of drug-likeness (QED) is 0.222. The van der Waals surface area contributed by atoms with Crippen molar-refractivity contribution < 1.29 is 22.7 Å². The summed E-state index contributed by atoms with van der Waals surface area (Å²) in [5.74, 6) is -0.332. The predicted molar refractivity (Wildman–Crippen MR) is 136 cm³/mol. The van der Waals surface area contributed by atoms with Crippen LogP contribution < -0.4 is 10.6 Å². The maximum absolute atomic E-state index is 13.0. The van der Waals surface area contributed by atoms with E-state index in [0.29, 0.717) is 16.1 Å². The molecular formula is C24H20F3N5O2S2. The van der Waals surface area contributed by atoms with Gasteiger partial charge >= 0.3 is 12.1 Å². The highest BCUT2D eigenvalue weighted by atomic mass is 32.1. The van der Waals surface area contributed by atoms with Crippen LogP contribution in [0.2, 0.25) is 0 Å². The minimum absolute atomic E-state index is 0.0944. The van der Waals surface area contributed by atoms with Gasteiger partial charge in [-0.3, -0.25) is 5.32 Å². The molecule has 186 valence electrons. The van der Waals surface area contributed by atoms with Gasteiger partial charge in [-0.1, -0.05) is 42.5 Å². The first-order chi connectivity index (χ1) is 17.2. The van der Waals surface area contributed by atoms with E-state index in [9.17, 15) is 18.0 Å². The van der Waals surface area contributed by atoms with Crippen molar-refractivity contribution in [2.45, 2.75) is 19.6 Å². The van der Waals surface area contributed by atoms with Crippen LogP contribution in [-0.2, 0) is 17.5 Å². The Hall–Kier alpha value is -3.77. The fourth-order valence-electron chi connectivity index (χ4n) is 3.29. The molecule has 0 aliphatic heterocycles. The largest absolute Gasteiger partial charge is 0.462 e. The van der Waals surface area contributed by atoms with Gasteiger partial charge in [-0.2, -0.15) is 13.2 Å². The maximum atomic E-state index is 13.0. The minimum atomic E-state index is -4.42. The summed E-state index contributed by atoms with van der Waals surface area (Å²) in [6.45, 7) is 2.05. The third kappa shape index (κ3) is 6.26. The molecule has 2 aromatic heterocycles. The standard InChI is InChI=1S/C24H20F3N5O2S2/c1-2-34-21(33)18-12-19(16-8-4-3-5-9-16)36-20(18)29-23(35)30-22-28-14-32(31-22)13-15-7-6-10-17(11-15)24(25,26)27/h3-12,14H,2,13H2,1H3,(H2,29,30,31,35). The van der Waals surface area contributed by atoms with Crippen LogP contribution in [0.3, 0.4) is 0 Å². The number of anilines is 2. The van der Waals surface area contributed by atoms with Crippen LogP contribution >= 0.6 is 23.6 Å². The van der Waals surface area contributed by atoms with Gasteiger partial charge in [0.05, 0.1) is 24.3 Å². The van der Waals surface area contributed by atoms with Gasteiger partial charge in [0.25, 0.3) is 0 Å². The number of nitrogens with one attached hydrogen (secondary N) is 2. The van der Waals surface area contributed by atoms with Crippen molar-refractivity contribution in [1.29, 1.82) is 0 Å². The van der Waals surface area contributed by atoms with Gasteiger partial charge in [0.15, 0.2) is 5.11 Å². The molecule has 2 heterocycles. The molecule has 2 N–H and O–H groups in total. The van der Waals surface area contributed by atoms with E-state index in [-0.39, 0.29) is 24.2 Å². The molecule has 0 aliphatic carbocycles. The number of esters is 1. The van der Waals surface area contributed by atoms with E-state index in [1.807, 2.05) is 30.3 Å². The molecule has 4 aromatic rings. The first-order valence-corrected chi connectivity index (χ1v) is 12.0. The second-order valence-corrected chi connectivity index (χ2v) is 8.94. The smallest absolute Gasteiger partial charge is 0.416 e. The Morgan fingerprint density at radius 1 is 1.11 bits per heavy atom. The Morgan fingerprint density at radius 3 is 2.61 bits per heavy atom. The molecule has 2 aromatic carbocycles. The molecule has 0 atom stereocenters. The molecule has 0 amide bonds. The monoisotopic (exact) mass is 531 g/mol. The first kappa shape index (κ1) is 25.3. The molecule has 7 nitrogen and oxygen atoms in total. The normalized spacial score (nSPS) is 11.2. The zero-order chi connectivity index (χ0) is 25.7. The van der Waals surface area contributed by atoms with Crippen LogP contribution in [0.15, 0.2) is 67.0 Å². The summed E-state index contributed by atoms with van der Waals surface area (Å²) in [6.07, 6.45) is -3.04. The molecule has 0 aliphatic rings. The van der Waals surface area contributed by atoms with E-state index < -0.39 is 17.7 Å². The van der Waals surface area contributed by atoms with Crippen molar-refractivity contribution in [3.63, 3.8) is 0 Å². The van der Waals surface area contributed by atoms with Gasteiger partial charge in [0.2, 0.25) is 5.95 Å². The minimum Gasteiger partial charge on any atom is -0.462 e. The Bertz CT molecular complexity index is 1370. The van der Waals surface area contributed by atoms with Crippen LogP contribution in [0, 0.1) is 0 Å².